The number of nitrogens with one attached hydrogen (secondary N) is 2. The van der Waals surface area contributed by atoms with Crippen molar-refractivity contribution in [3.05, 3.63) is 77.2 Å². The van der Waals surface area contributed by atoms with Gasteiger partial charge in [-0.1, -0.05) is 12.1 Å². The molecule has 3 rings (SSSR count). The number of amides is 1. The first-order valence-electron chi connectivity index (χ1n) is 10.5. The maximum Gasteiger partial charge on any atom is 0.252 e. The number of benzene rings is 2. The maximum atomic E-state index is 13.0. The highest BCUT2D eigenvalue weighted by atomic mass is 32.2. The van der Waals surface area contributed by atoms with Gasteiger partial charge in [0.2, 0.25) is 10.0 Å². The fraction of sp³-hybridized carbons (Fsp3) is 0.292. The van der Waals surface area contributed by atoms with Gasteiger partial charge in [-0.15, -0.1) is 0 Å². The molecule has 1 amide bonds. The molecule has 1 aromatic heterocycles. The van der Waals surface area contributed by atoms with Gasteiger partial charge < -0.3 is 19.2 Å². The average Bonchev–Trinajstić information content (AvgIpc) is 3.32. The number of carbonyl (C=O) groups excluding carboxylic acids is 1. The highest BCUT2D eigenvalue weighted by molar-refractivity contribution is 7.89. The topological polar surface area (TPSA) is 107 Å². The van der Waals surface area contributed by atoms with Crippen LogP contribution in [-0.2, 0) is 16.6 Å². The van der Waals surface area contributed by atoms with Gasteiger partial charge in [0, 0.05) is 5.56 Å². The lowest BCUT2D eigenvalue weighted by Gasteiger charge is -2.18. The zero-order valence-corrected chi connectivity index (χ0v) is 19.9. The lowest BCUT2D eigenvalue weighted by atomic mass is 10.1. The van der Waals surface area contributed by atoms with E-state index in [0.29, 0.717) is 29.4 Å². The summed E-state index contributed by atoms with van der Waals surface area (Å²) in [6, 6.07) is 12.9. The van der Waals surface area contributed by atoms with E-state index in [1.807, 2.05) is 26.0 Å². The molecule has 2 N–H and O–H groups in total. The van der Waals surface area contributed by atoms with Crippen LogP contribution in [0.2, 0.25) is 0 Å². The third kappa shape index (κ3) is 5.94. The summed E-state index contributed by atoms with van der Waals surface area (Å²) in [7, 11) is -2.27. The van der Waals surface area contributed by atoms with E-state index in [1.165, 1.54) is 18.4 Å². The summed E-state index contributed by atoms with van der Waals surface area (Å²) >= 11 is 0. The standard InChI is InChI=1S/C24H28N2O6S/c1-5-31-22-11-9-18(13-23(22)30-4)17(3)26-24(27)21-14-20(10-8-16(21)2)33(28,29)25-15-19-7-6-12-32-19/h6-14,17,25H,5,15H2,1-4H3,(H,26,27). The van der Waals surface area contributed by atoms with Crippen LogP contribution in [-0.4, -0.2) is 28.0 Å². The van der Waals surface area contributed by atoms with Crippen molar-refractivity contribution >= 4 is 15.9 Å². The van der Waals surface area contributed by atoms with Gasteiger partial charge in [0.05, 0.1) is 37.5 Å². The fourth-order valence-electron chi connectivity index (χ4n) is 3.26. The largest absolute Gasteiger partial charge is 0.493 e. The summed E-state index contributed by atoms with van der Waals surface area (Å²) < 4.78 is 44.0. The van der Waals surface area contributed by atoms with Gasteiger partial charge in [0.15, 0.2) is 11.5 Å². The third-order valence-electron chi connectivity index (χ3n) is 5.12. The summed E-state index contributed by atoms with van der Waals surface area (Å²) in [4.78, 5) is 13.0. The first-order valence-corrected chi connectivity index (χ1v) is 12.0. The van der Waals surface area contributed by atoms with Crippen LogP contribution in [0.25, 0.3) is 0 Å². The number of rotatable bonds is 10. The molecule has 2 aromatic carbocycles. The zero-order valence-electron chi connectivity index (χ0n) is 19.0. The van der Waals surface area contributed by atoms with Crippen LogP contribution in [0.3, 0.4) is 0 Å². The Morgan fingerprint density at radius 2 is 1.91 bits per heavy atom. The van der Waals surface area contributed by atoms with Gasteiger partial charge in [-0.2, -0.15) is 0 Å². The highest BCUT2D eigenvalue weighted by Gasteiger charge is 2.20. The molecular weight excluding hydrogens is 444 g/mol. The average molecular weight is 473 g/mol. The van der Waals surface area contributed by atoms with Crippen LogP contribution >= 0.6 is 0 Å². The summed E-state index contributed by atoms with van der Waals surface area (Å²) in [6.45, 7) is 6.01. The SMILES string of the molecule is CCOc1ccc(C(C)NC(=O)c2cc(S(=O)(=O)NCc3ccco3)ccc2C)cc1OC. The molecule has 1 heterocycles. The molecule has 0 fully saturated rings. The van der Waals surface area contributed by atoms with Gasteiger partial charge in [0.25, 0.3) is 5.91 Å². The predicted molar refractivity (Wildman–Crippen MR) is 124 cm³/mol. The molecule has 0 radical (unpaired) electrons. The monoisotopic (exact) mass is 472 g/mol. The first kappa shape index (κ1) is 24.3. The minimum Gasteiger partial charge on any atom is -0.493 e. The van der Waals surface area contributed by atoms with Crippen molar-refractivity contribution in [3.8, 4) is 11.5 Å². The van der Waals surface area contributed by atoms with E-state index in [9.17, 15) is 13.2 Å². The van der Waals surface area contributed by atoms with Crippen molar-refractivity contribution in [2.24, 2.45) is 0 Å². The lowest BCUT2D eigenvalue weighted by molar-refractivity contribution is 0.0939. The Morgan fingerprint density at radius 3 is 2.58 bits per heavy atom. The van der Waals surface area contributed by atoms with Crippen LogP contribution in [0.5, 0.6) is 11.5 Å². The van der Waals surface area contributed by atoms with Crippen LogP contribution in [0.4, 0.5) is 0 Å². The second-order valence-corrected chi connectivity index (χ2v) is 9.19. The Hall–Kier alpha value is -3.30. The number of ether oxygens (including phenoxy) is 2. The molecule has 0 aliphatic rings. The summed E-state index contributed by atoms with van der Waals surface area (Å²) in [5, 5.41) is 2.92. The molecule has 0 saturated heterocycles. The van der Waals surface area contributed by atoms with Gasteiger partial charge in [0.1, 0.15) is 5.76 Å². The molecule has 176 valence electrons. The lowest BCUT2D eigenvalue weighted by Crippen LogP contribution is -2.28. The maximum absolute atomic E-state index is 13.0. The molecule has 33 heavy (non-hydrogen) atoms. The molecule has 0 saturated carbocycles. The van der Waals surface area contributed by atoms with E-state index in [1.54, 1.807) is 38.3 Å². The number of hydrogen-bond acceptors (Lipinski definition) is 6. The number of methoxy groups -OCH3 is 1. The van der Waals surface area contributed by atoms with Crippen LogP contribution < -0.4 is 19.5 Å². The smallest absolute Gasteiger partial charge is 0.252 e. The zero-order chi connectivity index (χ0) is 24.0. The number of carbonyl (C=O) groups is 1. The number of sulfonamides is 1. The van der Waals surface area contributed by atoms with Crippen molar-refractivity contribution < 1.29 is 27.1 Å². The van der Waals surface area contributed by atoms with Crippen LogP contribution in [0.1, 0.15) is 47.1 Å². The van der Waals surface area contributed by atoms with Crippen molar-refractivity contribution in [2.75, 3.05) is 13.7 Å². The molecule has 3 aromatic rings. The summed E-state index contributed by atoms with van der Waals surface area (Å²) in [6.07, 6.45) is 1.47. The minimum atomic E-state index is -3.83. The summed E-state index contributed by atoms with van der Waals surface area (Å²) in [5.41, 5.74) is 1.76. The highest BCUT2D eigenvalue weighted by Crippen LogP contribution is 2.30. The first-order chi connectivity index (χ1) is 15.7. The van der Waals surface area contributed by atoms with E-state index < -0.39 is 10.0 Å². The summed E-state index contributed by atoms with van der Waals surface area (Å²) in [5.74, 6) is 1.31. The van der Waals surface area contributed by atoms with Gasteiger partial charge in [-0.3, -0.25) is 4.79 Å². The number of hydrogen-bond donors (Lipinski definition) is 2. The van der Waals surface area contributed by atoms with Crippen molar-refractivity contribution in [2.45, 2.75) is 38.3 Å². The Balaban J connectivity index is 1.77. The number of aryl methyl sites for hydroxylation is 1. The second-order valence-electron chi connectivity index (χ2n) is 7.42. The van der Waals surface area contributed by atoms with E-state index >= 15 is 0 Å². The second kappa shape index (κ2) is 10.5. The Morgan fingerprint density at radius 1 is 1.12 bits per heavy atom. The van der Waals surface area contributed by atoms with Gasteiger partial charge in [-0.25, -0.2) is 13.1 Å². The molecule has 0 aliphatic heterocycles. The Labute approximate surface area is 194 Å². The Kier molecular flexibility index (Phi) is 7.78. The van der Waals surface area contributed by atoms with Crippen molar-refractivity contribution in [1.29, 1.82) is 0 Å². The van der Waals surface area contributed by atoms with Crippen LogP contribution in [0, 0.1) is 6.92 Å². The van der Waals surface area contributed by atoms with Crippen molar-refractivity contribution in [3.63, 3.8) is 0 Å². The molecular formula is C24H28N2O6S. The molecule has 0 bridgehead atoms. The third-order valence-corrected chi connectivity index (χ3v) is 6.51. The fourth-order valence-corrected chi connectivity index (χ4v) is 4.28. The molecule has 8 nitrogen and oxygen atoms in total. The van der Waals surface area contributed by atoms with E-state index in [-0.39, 0.29) is 29.0 Å². The quantitative estimate of drug-likeness (QED) is 0.463. The minimum absolute atomic E-state index is 0.000181. The molecule has 0 spiro atoms. The van der Waals surface area contributed by atoms with E-state index in [4.69, 9.17) is 13.9 Å². The molecule has 1 unspecified atom stereocenters. The molecule has 9 heteroatoms. The van der Waals surface area contributed by atoms with E-state index in [0.717, 1.165) is 5.56 Å². The van der Waals surface area contributed by atoms with Crippen LogP contribution in [0.15, 0.2) is 64.1 Å². The number of furan rings is 1. The van der Waals surface area contributed by atoms with Gasteiger partial charge in [-0.05, 0) is 68.3 Å². The predicted octanol–water partition coefficient (Wildman–Crippen LogP) is 3.96. The normalized spacial score (nSPS) is 12.2. The van der Waals surface area contributed by atoms with Gasteiger partial charge >= 0.3 is 0 Å². The van der Waals surface area contributed by atoms with Crippen molar-refractivity contribution in [1.82, 2.24) is 10.0 Å². The molecule has 1 atom stereocenters. The Bertz CT molecular complexity index is 1210. The van der Waals surface area contributed by atoms with E-state index in [2.05, 4.69) is 10.0 Å². The molecule has 0 aliphatic carbocycles.